The zero-order chi connectivity index (χ0) is 13.7. The van der Waals surface area contributed by atoms with Crippen molar-refractivity contribution in [1.82, 2.24) is 4.90 Å². The van der Waals surface area contributed by atoms with Gasteiger partial charge in [-0.15, -0.1) is 0 Å². The number of benzene rings is 1. The number of phenols is 1. The van der Waals surface area contributed by atoms with E-state index < -0.39 is 0 Å². The van der Waals surface area contributed by atoms with Crippen LogP contribution in [0.15, 0.2) is 18.2 Å². The van der Waals surface area contributed by atoms with E-state index in [0.717, 1.165) is 0 Å². The number of phenolic OH excluding ortho intramolecular Hbond substituents is 1. The van der Waals surface area contributed by atoms with E-state index >= 15 is 0 Å². The van der Waals surface area contributed by atoms with E-state index in [4.69, 9.17) is 5.73 Å². The molecule has 1 aromatic carbocycles. The first-order valence-corrected chi connectivity index (χ1v) is 6.29. The third kappa shape index (κ3) is 3.23. The van der Waals surface area contributed by atoms with Crippen LogP contribution in [0, 0.1) is 12.8 Å². The van der Waals surface area contributed by atoms with Crippen LogP contribution in [0.25, 0.3) is 0 Å². The van der Waals surface area contributed by atoms with Crippen molar-refractivity contribution in [1.29, 1.82) is 0 Å². The summed E-state index contributed by atoms with van der Waals surface area (Å²) in [5.74, 6) is 0.376. The van der Waals surface area contributed by atoms with E-state index in [9.17, 15) is 9.90 Å². The van der Waals surface area contributed by atoms with Crippen molar-refractivity contribution in [2.45, 2.75) is 20.8 Å². The summed E-state index contributed by atoms with van der Waals surface area (Å²) in [5, 5.41) is 9.64. The number of aromatic hydroxyl groups is 1. The van der Waals surface area contributed by atoms with Gasteiger partial charge in [-0.25, -0.2) is 0 Å². The van der Waals surface area contributed by atoms with Crippen LogP contribution in [0.2, 0.25) is 0 Å². The zero-order valence-electron chi connectivity index (χ0n) is 11.3. The topological polar surface area (TPSA) is 66.6 Å². The van der Waals surface area contributed by atoms with Crippen LogP contribution in [0.4, 0.5) is 0 Å². The molecule has 0 spiro atoms. The molecule has 0 aromatic heterocycles. The van der Waals surface area contributed by atoms with Crippen LogP contribution in [0.1, 0.15) is 29.8 Å². The van der Waals surface area contributed by atoms with Crippen LogP contribution >= 0.6 is 0 Å². The van der Waals surface area contributed by atoms with E-state index in [2.05, 4.69) is 0 Å². The van der Waals surface area contributed by atoms with E-state index in [1.807, 2.05) is 13.8 Å². The molecule has 0 saturated carbocycles. The Bertz CT molecular complexity index is 418. The summed E-state index contributed by atoms with van der Waals surface area (Å²) in [6, 6.07) is 5.02. The van der Waals surface area contributed by atoms with Gasteiger partial charge in [0, 0.05) is 24.2 Å². The van der Waals surface area contributed by atoms with Crippen LogP contribution in [-0.4, -0.2) is 35.5 Å². The van der Waals surface area contributed by atoms with Crippen LogP contribution in [0.3, 0.4) is 0 Å². The van der Waals surface area contributed by atoms with Gasteiger partial charge in [0.15, 0.2) is 0 Å². The molecule has 0 aliphatic carbocycles. The molecule has 1 amide bonds. The highest BCUT2D eigenvalue weighted by Gasteiger charge is 2.18. The smallest absolute Gasteiger partial charge is 0.254 e. The normalized spacial score (nSPS) is 12.2. The second kappa shape index (κ2) is 6.40. The number of carbonyl (C=O) groups excluding carboxylic acids is 1. The predicted molar refractivity (Wildman–Crippen MR) is 72.6 cm³/mol. The number of rotatable bonds is 5. The molecule has 100 valence electrons. The van der Waals surface area contributed by atoms with Crippen molar-refractivity contribution in [2.75, 3.05) is 19.6 Å². The molecule has 1 aromatic rings. The maximum absolute atomic E-state index is 12.4. The van der Waals surface area contributed by atoms with Crippen molar-refractivity contribution in [2.24, 2.45) is 11.7 Å². The van der Waals surface area contributed by atoms with Crippen LogP contribution in [0.5, 0.6) is 5.75 Å². The molecule has 4 nitrogen and oxygen atoms in total. The van der Waals surface area contributed by atoms with Gasteiger partial charge in [-0.2, -0.15) is 0 Å². The molecular weight excluding hydrogens is 228 g/mol. The second-order valence-electron chi connectivity index (χ2n) is 4.63. The maximum atomic E-state index is 12.4. The van der Waals surface area contributed by atoms with Gasteiger partial charge in [-0.1, -0.05) is 13.0 Å². The minimum absolute atomic E-state index is 0.0498. The molecule has 0 fully saturated rings. The summed E-state index contributed by atoms with van der Waals surface area (Å²) in [7, 11) is 0. The predicted octanol–water partition coefficient (Wildman–Crippen LogP) is 1.76. The summed E-state index contributed by atoms with van der Waals surface area (Å²) in [5.41, 5.74) is 6.77. The van der Waals surface area contributed by atoms with Crippen molar-refractivity contribution in [3.8, 4) is 5.75 Å². The molecule has 18 heavy (non-hydrogen) atoms. The average molecular weight is 250 g/mol. The molecule has 0 heterocycles. The Morgan fingerprint density at radius 3 is 2.72 bits per heavy atom. The standard InChI is InChI=1S/C14H22N2O2/c1-4-16(9-10(2)8-15)14(18)12-6-5-7-13(17)11(12)3/h5-7,10,17H,4,8-9,15H2,1-3H3. The molecule has 1 rings (SSSR count). The van der Waals surface area contributed by atoms with Gasteiger partial charge >= 0.3 is 0 Å². The third-order valence-electron chi connectivity index (χ3n) is 3.14. The zero-order valence-corrected chi connectivity index (χ0v) is 11.3. The fourth-order valence-electron chi connectivity index (χ4n) is 1.83. The highest BCUT2D eigenvalue weighted by Crippen LogP contribution is 2.21. The first kappa shape index (κ1) is 14.5. The fourth-order valence-corrected chi connectivity index (χ4v) is 1.83. The highest BCUT2D eigenvalue weighted by molar-refractivity contribution is 5.96. The summed E-state index contributed by atoms with van der Waals surface area (Å²) < 4.78 is 0. The molecule has 1 unspecified atom stereocenters. The summed E-state index contributed by atoms with van der Waals surface area (Å²) in [4.78, 5) is 14.1. The lowest BCUT2D eigenvalue weighted by Gasteiger charge is -2.24. The van der Waals surface area contributed by atoms with Crippen LogP contribution < -0.4 is 5.73 Å². The summed E-state index contributed by atoms with van der Waals surface area (Å²) in [6.45, 7) is 7.55. The van der Waals surface area contributed by atoms with Crippen molar-refractivity contribution < 1.29 is 9.90 Å². The Hall–Kier alpha value is -1.55. The Morgan fingerprint density at radius 1 is 1.50 bits per heavy atom. The van der Waals surface area contributed by atoms with E-state index in [1.165, 1.54) is 0 Å². The lowest BCUT2D eigenvalue weighted by molar-refractivity contribution is 0.0742. The van der Waals surface area contributed by atoms with Crippen LogP contribution in [-0.2, 0) is 0 Å². The number of hydrogen-bond donors (Lipinski definition) is 2. The first-order valence-electron chi connectivity index (χ1n) is 6.29. The number of carbonyl (C=O) groups is 1. The van der Waals surface area contributed by atoms with Gasteiger partial charge in [0.25, 0.3) is 5.91 Å². The lowest BCUT2D eigenvalue weighted by Crippen LogP contribution is -2.36. The fraction of sp³-hybridized carbons (Fsp3) is 0.500. The average Bonchev–Trinajstić information content (AvgIpc) is 2.38. The SMILES string of the molecule is CCN(CC(C)CN)C(=O)c1cccc(O)c1C. The lowest BCUT2D eigenvalue weighted by atomic mass is 10.1. The first-order chi connectivity index (χ1) is 8.51. The maximum Gasteiger partial charge on any atom is 0.254 e. The van der Waals surface area contributed by atoms with Crippen molar-refractivity contribution in [3.05, 3.63) is 29.3 Å². The molecular formula is C14H22N2O2. The van der Waals surface area contributed by atoms with Gasteiger partial charge < -0.3 is 15.7 Å². The quantitative estimate of drug-likeness (QED) is 0.836. The number of amides is 1. The Morgan fingerprint density at radius 2 is 2.17 bits per heavy atom. The molecule has 0 radical (unpaired) electrons. The van der Waals surface area contributed by atoms with E-state index in [-0.39, 0.29) is 17.6 Å². The Kier molecular flexibility index (Phi) is 5.16. The van der Waals surface area contributed by atoms with Gasteiger partial charge in [-0.05, 0) is 38.4 Å². The van der Waals surface area contributed by atoms with Crippen molar-refractivity contribution in [3.63, 3.8) is 0 Å². The molecule has 3 N–H and O–H groups in total. The van der Waals surface area contributed by atoms with E-state index in [1.54, 1.807) is 30.0 Å². The number of nitrogens with zero attached hydrogens (tertiary/aromatic N) is 1. The number of nitrogens with two attached hydrogens (primary N) is 1. The van der Waals surface area contributed by atoms with Gasteiger partial charge in [-0.3, -0.25) is 4.79 Å². The third-order valence-corrected chi connectivity index (χ3v) is 3.14. The van der Waals surface area contributed by atoms with Crippen molar-refractivity contribution >= 4 is 5.91 Å². The largest absolute Gasteiger partial charge is 0.508 e. The number of hydrogen-bond acceptors (Lipinski definition) is 3. The highest BCUT2D eigenvalue weighted by atomic mass is 16.3. The second-order valence-corrected chi connectivity index (χ2v) is 4.63. The van der Waals surface area contributed by atoms with Gasteiger partial charge in [0.2, 0.25) is 0 Å². The molecule has 0 aliphatic heterocycles. The minimum atomic E-state index is -0.0498. The van der Waals surface area contributed by atoms with Gasteiger partial charge in [0.1, 0.15) is 5.75 Å². The summed E-state index contributed by atoms with van der Waals surface area (Å²) >= 11 is 0. The monoisotopic (exact) mass is 250 g/mol. The van der Waals surface area contributed by atoms with Gasteiger partial charge in [0.05, 0.1) is 0 Å². The van der Waals surface area contributed by atoms with E-state index in [0.29, 0.717) is 30.8 Å². The Balaban J connectivity index is 2.93. The molecule has 4 heteroatoms. The molecule has 1 atom stereocenters. The molecule has 0 bridgehead atoms. The molecule has 0 saturated heterocycles. The Labute approximate surface area is 108 Å². The minimum Gasteiger partial charge on any atom is -0.508 e. The molecule has 0 aliphatic rings. The summed E-state index contributed by atoms with van der Waals surface area (Å²) in [6.07, 6.45) is 0.